The zero-order chi connectivity index (χ0) is 16.2. The maximum atomic E-state index is 8.67. The Kier molecular flexibility index (Phi) is 17.6. The largest absolute Gasteiger partial charge is 0.490 e. The van der Waals surface area contributed by atoms with Gasteiger partial charge in [0.05, 0.1) is 24.3 Å². The molecule has 0 aromatic heterocycles. The minimum atomic E-state index is 0. The first-order chi connectivity index (χ1) is 10.7. The standard InChI is InChI=1S/C16H27BrN2O3.2ClH/c1-3-21-15-11-13(10-14(17)16(15)22-4-2)12-19-7-5-6-18-8-9-20;;/h10-11,18-20H,3-9,12H2,1-2H3;2*1H. The number of hydrogen-bond donors (Lipinski definition) is 3. The number of benzene rings is 1. The summed E-state index contributed by atoms with van der Waals surface area (Å²) in [6.45, 7) is 8.61. The van der Waals surface area contributed by atoms with Gasteiger partial charge in [-0.05, 0) is 67.0 Å². The van der Waals surface area contributed by atoms with Crippen LogP contribution in [0.2, 0.25) is 0 Å². The molecule has 8 heteroatoms. The fraction of sp³-hybridized carbons (Fsp3) is 0.625. The molecule has 0 heterocycles. The molecule has 0 amide bonds. The summed E-state index contributed by atoms with van der Waals surface area (Å²) < 4.78 is 12.2. The van der Waals surface area contributed by atoms with E-state index in [0.717, 1.165) is 47.6 Å². The van der Waals surface area contributed by atoms with E-state index >= 15 is 0 Å². The Bertz CT molecular complexity index is 440. The molecule has 0 bridgehead atoms. The number of aliphatic hydroxyl groups excluding tert-OH is 1. The first-order valence-corrected chi connectivity index (χ1v) is 8.62. The van der Waals surface area contributed by atoms with E-state index in [1.54, 1.807) is 0 Å². The summed E-state index contributed by atoms with van der Waals surface area (Å²) in [4.78, 5) is 0. The third-order valence-electron chi connectivity index (χ3n) is 2.98. The third-order valence-corrected chi connectivity index (χ3v) is 3.57. The molecule has 0 radical (unpaired) electrons. The monoisotopic (exact) mass is 446 g/mol. The average Bonchev–Trinajstić information content (AvgIpc) is 2.50. The quantitative estimate of drug-likeness (QED) is 0.429. The molecule has 0 atom stereocenters. The summed E-state index contributed by atoms with van der Waals surface area (Å²) in [5.74, 6) is 1.54. The molecular weight excluding hydrogens is 419 g/mol. The molecule has 0 unspecified atom stereocenters. The Morgan fingerprint density at radius 3 is 2.29 bits per heavy atom. The number of hydrogen-bond acceptors (Lipinski definition) is 5. The van der Waals surface area contributed by atoms with Crippen LogP contribution in [-0.4, -0.2) is 44.6 Å². The molecule has 24 heavy (non-hydrogen) atoms. The van der Waals surface area contributed by atoms with Crippen molar-refractivity contribution >= 4 is 40.7 Å². The number of ether oxygens (including phenoxy) is 2. The van der Waals surface area contributed by atoms with Gasteiger partial charge in [-0.1, -0.05) is 0 Å². The normalized spacial score (nSPS) is 9.83. The lowest BCUT2D eigenvalue weighted by atomic mass is 10.2. The van der Waals surface area contributed by atoms with Crippen molar-refractivity contribution in [1.29, 1.82) is 0 Å². The predicted octanol–water partition coefficient (Wildman–Crippen LogP) is 3.15. The average molecular weight is 448 g/mol. The van der Waals surface area contributed by atoms with Gasteiger partial charge in [-0.25, -0.2) is 0 Å². The Hall–Kier alpha value is -0.240. The van der Waals surface area contributed by atoms with E-state index in [9.17, 15) is 0 Å². The number of halogens is 3. The predicted molar refractivity (Wildman–Crippen MR) is 107 cm³/mol. The van der Waals surface area contributed by atoms with Crippen LogP contribution in [0.1, 0.15) is 25.8 Å². The van der Waals surface area contributed by atoms with E-state index < -0.39 is 0 Å². The van der Waals surface area contributed by atoms with Gasteiger partial charge in [0.1, 0.15) is 0 Å². The van der Waals surface area contributed by atoms with Crippen molar-refractivity contribution < 1.29 is 14.6 Å². The van der Waals surface area contributed by atoms with Crippen LogP contribution in [-0.2, 0) is 6.54 Å². The second kappa shape index (κ2) is 16.2. The van der Waals surface area contributed by atoms with Crippen molar-refractivity contribution in [1.82, 2.24) is 10.6 Å². The van der Waals surface area contributed by atoms with Gasteiger partial charge >= 0.3 is 0 Å². The van der Waals surface area contributed by atoms with Gasteiger partial charge in [-0.2, -0.15) is 0 Å². The van der Waals surface area contributed by atoms with Gasteiger partial charge in [0, 0.05) is 13.1 Å². The molecule has 1 aromatic rings. The molecule has 0 spiro atoms. The van der Waals surface area contributed by atoms with Crippen molar-refractivity contribution in [2.24, 2.45) is 0 Å². The highest BCUT2D eigenvalue weighted by molar-refractivity contribution is 9.10. The smallest absolute Gasteiger partial charge is 0.175 e. The minimum Gasteiger partial charge on any atom is -0.490 e. The number of rotatable bonds is 12. The summed E-state index contributed by atoms with van der Waals surface area (Å²) in [5.41, 5.74) is 1.15. The molecule has 0 aliphatic carbocycles. The Balaban J connectivity index is 0. The van der Waals surface area contributed by atoms with Crippen molar-refractivity contribution in [2.45, 2.75) is 26.8 Å². The van der Waals surface area contributed by atoms with Crippen molar-refractivity contribution in [3.8, 4) is 11.5 Å². The first-order valence-electron chi connectivity index (χ1n) is 7.83. The maximum absolute atomic E-state index is 8.67. The van der Waals surface area contributed by atoms with E-state index in [2.05, 4.69) is 32.6 Å². The molecule has 1 rings (SSSR count). The van der Waals surface area contributed by atoms with Gasteiger partial charge < -0.3 is 25.2 Å². The molecule has 0 aliphatic rings. The molecule has 142 valence electrons. The van der Waals surface area contributed by atoms with Gasteiger partial charge in [0.2, 0.25) is 0 Å². The lowest BCUT2D eigenvalue weighted by Crippen LogP contribution is -2.23. The molecule has 0 saturated carbocycles. The fourth-order valence-electron chi connectivity index (χ4n) is 2.05. The van der Waals surface area contributed by atoms with Crippen LogP contribution in [0.15, 0.2) is 16.6 Å². The van der Waals surface area contributed by atoms with Crippen LogP contribution in [0.25, 0.3) is 0 Å². The highest BCUT2D eigenvalue weighted by Crippen LogP contribution is 2.36. The lowest BCUT2D eigenvalue weighted by Gasteiger charge is -2.15. The molecule has 3 N–H and O–H groups in total. The summed E-state index contributed by atoms with van der Waals surface area (Å²) in [6.07, 6.45) is 1.02. The van der Waals surface area contributed by atoms with E-state index in [-0.39, 0.29) is 31.4 Å². The van der Waals surface area contributed by atoms with E-state index in [1.165, 1.54) is 0 Å². The zero-order valence-electron chi connectivity index (χ0n) is 14.3. The van der Waals surface area contributed by atoms with E-state index in [1.807, 2.05) is 19.9 Å². The van der Waals surface area contributed by atoms with E-state index in [4.69, 9.17) is 14.6 Å². The highest BCUT2D eigenvalue weighted by atomic mass is 79.9. The van der Waals surface area contributed by atoms with Crippen LogP contribution in [0.5, 0.6) is 11.5 Å². The summed E-state index contributed by atoms with van der Waals surface area (Å²) in [7, 11) is 0. The van der Waals surface area contributed by atoms with Crippen molar-refractivity contribution in [2.75, 3.05) is 39.5 Å². The molecule has 1 aromatic carbocycles. The minimum absolute atomic E-state index is 0. The lowest BCUT2D eigenvalue weighted by molar-refractivity contribution is 0.286. The Labute approximate surface area is 165 Å². The summed E-state index contributed by atoms with van der Waals surface area (Å²) in [6, 6.07) is 4.08. The van der Waals surface area contributed by atoms with E-state index in [0.29, 0.717) is 19.8 Å². The van der Waals surface area contributed by atoms with Crippen molar-refractivity contribution in [3.63, 3.8) is 0 Å². The van der Waals surface area contributed by atoms with Crippen LogP contribution in [0, 0.1) is 0 Å². The van der Waals surface area contributed by atoms with Crippen molar-refractivity contribution in [3.05, 3.63) is 22.2 Å². The highest BCUT2D eigenvalue weighted by Gasteiger charge is 2.11. The van der Waals surface area contributed by atoms with Gasteiger partial charge in [-0.3, -0.25) is 0 Å². The van der Waals surface area contributed by atoms with Gasteiger partial charge in [0.25, 0.3) is 0 Å². The van der Waals surface area contributed by atoms with Crippen LogP contribution in [0.3, 0.4) is 0 Å². The first kappa shape index (κ1) is 26.0. The number of aliphatic hydroxyl groups is 1. The number of nitrogens with one attached hydrogen (secondary N) is 2. The van der Waals surface area contributed by atoms with Crippen LogP contribution in [0.4, 0.5) is 0 Å². The zero-order valence-corrected chi connectivity index (χ0v) is 17.5. The van der Waals surface area contributed by atoms with Gasteiger partial charge in [-0.15, -0.1) is 24.8 Å². The molecule has 5 nitrogen and oxygen atoms in total. The summed E-state index contributed by atoms with van der Waals surface area (Å²) >= 11 is 3.55. The second-order valence-electron chi connectivity index (χ2n) is 4.77. The topological polar surface area (TPSA) is 62.8 Å². The second-order valence-corrected chi connectivity index (χ2v) is 5.63. The fourth-order valence-corrected chi connectivity index (χ4v) is 2.65. The summed E-state index contributed by atoms with van der Waals surface area (Å²) in [5, 5.41) is 15.2. The molecule has 0 fully saturated rings. The molecule has 0 aliphatic heterocycles. The SMILES string of the molecule is CCOc1cc(CNCCCNCCO)cc(Br)c1OCC.Cl.Cl. The van der Waals surface area contributed by atoms with Crippen LogP contribution < -0.4 is 20.1 Å². The Morgan fingerprint density at radius 2 is 1.67 bits per heavy atom. The Morgan fingerprint density at radius 1 is 1.00 bits per heavy atom. The van der Waals surface area contributed by atoms with Gasteiger partial charge in [0.15, 0.2) is 11.5 Å². The van der Waals surface area contributed by atoms with Crippen LogP contribution >= 0.6 is 40.7 Å². The maximum Gasteiger partial charge on any atom is 0.175 e. The molecule has 0 saturated heterocycles. The third kappa shape index (κ3) is 9.91. The molecular formula is C16H29BrCl2N2O3.